The molecule has 0 aliphatic carbocycles. The molecule has 7 aromatic carbocycles. The van der Waals surface area contributed by atoms with Gasteiger partial charge >= 0.3 is 11.9 Å². The van der Waals surface area contributed by atoms with Crippen molar-refractivity contribution in [3.63, 3.8) is 0 Å². The fourth-order valence-electron chi connectivity index (χ4n) is 7.74. The SMILES string of the molecule is Cc1cccc(CCCCCC(=O)c2ccc3c4ccc(C(=O)O)c5c(C(=O)NCCc6cccc(C)c6)ccc(c6ccc(C(=O)O)c2c36)c54)c1. The Hall–Kier alpha value is -6.08. The van der Waals surface area contributed by atoms with E-state index in [4.69, 9.17) is 0 Å². The highest BCUT2D eigenvalue weighted by Gasteiger charge is 2.25. The number of carboxylic acid groups (broad SMARTS) is 2. The van der Waals surface area contributed by atoms with E-state index in [0.717, 1.165) is 30.4 Å². The summed E-state index contributed by atoms with van der Waals surface area (Å²) in [6.45, 7) is 4.46. The first-order valence-corrected chi connectivity index (χ1v) is 17.7. The van der Waals surface area contributed by atoms with Crippen LogP contribution in [0.15, 0.2) is 97.1 Å². The Morgan fingerprint density at radius 1 is 0.519 bits per heavy atom. The van der Waals surface area contributed by atoms with Crippen molar-refractivity contribution in [2.45, 2.75) is 52.4 Å². The third kappa shape index (κ3) is 6.46. The van der Waals surface area contributed by atoms with E-state index >= 15 is 0 Å². The van der Waals surface area contributed by atoms with Crippen LogP contribution in [0.2, 0.25) is 0 Å². The molecule has 3 N–H and O–H groups in total. The normalized spacial score (nSPS) is 11.5. The summed E-state index contributed by atoms with van der Waals surface area (Å²) in [5.74, 6) is -2.78. The van der Waals surface area contributed by atoms with Crippen molar-refractivity contribution in [2.75, 3.05) is 6.54 Å². The minimum atomic E-state index is -1.16. The fourth-order valence-corrected chi connectivity index (χ4v) is 7.74. The van der Waals surface area contributed by atoms with Gasteiger partial charge in [0.15, 0.2) is 5.78 Å². The Balaban J connectivity index is 1.27. The molecule has 0 spiro atoms. The summed E-state index contributed by atoms with van der Waals surface area (Å²) in [6.07, 6.45) is 4.36. The van der Waals surface area contributed by atoms with Gasteiger partial charge < -0.3 is 15.5 Å². The monoisotopic (exact) mass is 689 g/mol. The average molecular weight is 690 g/mol. The summed E-state index contributed by atoms with van der Waals surface area (Å²) in [4.78, 5) is 52.7. The lowest BCUT2D eigenvalue weighted by atomic mass is 9.83. The number of unbranched alkanes of at least 4 members (excludes halogenated alkanes) is 2. The molecular weight excluding hydrogens is 650 g/mol. The molecule has 0 aliphatic rings. The van der Waals surface area contributed by atoms with E-state index in [1.165, 1.54) is 23.3 Å². The molecule has 52 heavy (non-hydrogen) atoms. The van der Waals surface area contributed by atoms with E-state index in [-0.39, 0.29) is 28.4 Å². The van der Waals surface area contributed by atoms with Crippen LogP contribution in [0, 0.1) is 13.8 Å². The van der Waals surface area contributed by atoms with Crippen LogP contribution in [0.3, 0.4) is 0 Å². The maximum absolute atomic E-state index is 13.8. The van der Waals surface area contributed by atoms with E-state index in [0.29, 0.717) is 74.5 Å². The molecule has 260 valence electrons. The molecule has 0 saturated heterocycles. The van der Waals surface area contributed by atoms with Crippen LogP contribution in [0.5, 0.6) is 0 Å². The quantitative estimate of drug-likeness (QED) is 0.0480. The van der Waals surface area contributed by atoms with Gasteiger partial charge in [0.05, 0.1) is 11.1 Å². The second-order valence-electron chi connectivity index (χ2n) is 13.7. The van der Waals surface area contributed by atoms with Gasteiger partial charge in [-0.2, -0.15) is 0 Å². The number of carbonyl (C=O) groups excluding carboxylic acids is 2. The zero-order valence-corrected chi connectivity index (χ0v) is 29.2. The number of carboxylic acids is 2. The van der Waals surface area contributed by atoms with E-state index in [9.17, 15) is 29.4 Å². The van der Waals surface area contributed by atoms with Gasteiger partial charge in [-0.3, -0.25) is 9.59 Å². The molecule has 0 atom stereocenters. The molecule has 7 rings (SSSR count). The second kappa shape index (κ2) is 14.3. The second-order valence-corrected chi connectivity index (χ2v) is 13.7. The van der Waals surface area contributed by atoms with E-state index < -0.39 is 11.9 Å². The highest BCUT2D eigenvalue weighted by Crippen LogP contribution is 2.44. The Bertz CT molecular complexity index is 2530. The molecule has 0 aromatic heterocycles. The largest absolute Gasteiger partial charge is 0.478 e. The lowest BCUT2D eigenvalue weighted by Crippen LogP contribution is -2.26. The Morgan fingerprint density at radius 3 is 1.52 bits per heavy atom. The smallest absolute Gasteiger partial charge is 0.336 e. The Kier molecular flexibility index (Phi) is 9.43. The number of aromatic carboxylic acids is 2. The number of rotatable bonds is 13. The molecule has 0 unspecified atom stereocenters. The van der Waals surface area contributed by atoms with Gasteiger partial charge in [0.25, 0.3) is 5.91 Å². The maximum Gasteiger partial charge on any atom is 0.336 e. The molecule has 0 saturated carbocycles. The van der Waals surface area contributed by atoms with Gasteiger partial charge in [-0.05, 0) is 101 Å². The molecule has 0 heterocycles. The van der Waals surface area contributed by atoms with Crippen molar-refractivity contribution < 1.29 is 29.4 Å². The summed E-state index contributed by atoms with van der Waals surface area (Å²) in [5, 5.41) is 28.3. The van der Waals surface area contributed by atoms with Crippen molar-refractivity contribution in [3.05, 3.63) is 142 Å². The number of fused-ring (bicyclic) bond motifs is 2. The number of ketones is 1. The topological polar surface area (TPSA) is 121 Å². The lowest BCUT2D eigenvalue weighted by Gasteiger charge is -2.19. The van der Waals surface area contributed by atoms with Crippen LogP contribution in [-0.4, -0.2) is 40.4 Å². The number of nitrogens with one attached hydrogen (secondary N) is 1. The fraction of sp³-hybridized carbons (Fsp3) is 0.200. The van der Waals surface area contributed by atoms with Gasteiger partial charge in [0.1, 0.15) is 0 Å². The van der Waals surface area contributed by atoms with Crippen LogP contribution in [-0.2, 0) is 12.8 Å². The number of Topliss-reactive ketones (excluding diaryl/α,β-unsaturated/α-hetero) is 1. The number of benzene rings is 7. The summed E-state index contributed by atoms with van der Waals surface area (Å²) >= 11 is 0. The van der Waals surface area contributed by atoms with Crippen LogP contribution < -0.4 is 5.32 Å². The van der Waals surface area contributed by atoms with Gasteiger partial charge in [-0.1, -0.05) is 96.4 Å². The Labute approximate surface area is 301 Å². The predicted octanol–water partition coefficient (Wildman–Crippen LogP) is 9.71. The average Bonchev–Trinajstić information content (AvgIpc) is 3.12. The minimum absolute atomic E-state index is 0.000445. The van der Waals surface area contributed by atoms with Crippen molar-refractivity contribution in [3.8, 4) is 0 Å². The van der Waals surface area contributed by atoms with Gasteiger partial charge in [0.2, 0.25) is 0 Å². The molecule has 0 aliphatic heterocycles. The molecular formula is C45H39NO6. The standard InChI is InChI=1S/C45H39NO6/c1-26-8-6-11-28(24-26)10-4-3-5-13-38(47)34-18-14-30-33-17-21-37(45(51)52)42-35(43(48)46-23-22-29-12-7-9-27(2)25-29)19-15-31(40(33)42)32-16-20-36(44(49)50)41(34)39(30)32/h6-9,11-12,14-21,24-25H,3-5,10,13,22-23H2,1-2H3,(H,46,48)(H,49,50)(H,51,52). The number of hydrogen-bond donors (Lipinski definition) is 3. The van der Waals surface area contributed by atoms with Gasteiger partial charge in [-0.15, -0.1) is 0 Å². The highest BCUT2D eigenvalue weighted by molar-refractivity contribution is 6.38. The van der Waals surface area contributed by atoms with Crippen molar-refractivity contribution >= 4 is 66.7 Å². The summed E-state index contributed by atoms with van der Waals surface area (Å²) < 4.78 is 0. The molecule has 7 heteroatoms. The summed E-state index contributed by atoms with van der Waals surface area (Å²) in [5.41, 5.74) is 5.37. The van der Waals surface area contributed by atoms with Gasteiger partial charge in [0, 0.05) is 34.9 Å². The van der Waals surface area contributed by atoms with Crippen LogP contribution in [0.4, 0.5) is 0 Å². The number of aryl methyl sites for hydroxylation is 3. The molecule has 7 nitrogen and oxygen atoms in total. The first kappa shape index (κ1) is 34.4. The first-order valence-electron chi connectivity index (χ1n) is 17.7. The van der Waals surface area contributed by atoms with E-state index in [1.807, 2.05) is 31.2 Å². The van der Waals surface area contributed by atoms with Crippen LogP contribution in [0.25, 0.3) is 43.1 Å². The molecule has 7 aromatic rings. The van der Waals surface area contributed by atoms with E-state index in [2.05, 4.69) is 42.6 Å². The number of hydrogen-bond acceptors (Lipinski definition) is 4. The summed E-state index contributed by atoms with van der Waals surface area (Å²) in [6, 6.07) is 29.9. The minimum Gasteiger partial charge on any atom is -0.478 e. The lowest BCUT2D eigenvalue weighted by molar-refractivity contribution is 0.0688. The number of amides is 1. The highest BCUT2D eigenvalue weighted by atomic mass is 16.4. The Morgan fingerprint density at radius 2 is 1.00 bits per heavy atom. The molecule has 0 bridgehead atoms. The molecule has 0 fully saturated rings. The van der Waals surface area contributed by atoms with Crippen molar-refractivity contribution in [1.82, 2.24) is 5.32 Å². The van der Waals surface area contributed by atoms with E-state index in [1.54, 1.807) is 30.3 Å². The maximum atomic E-state index is 13.8. The third-order valence-electron chi connectivity index (χ3n) is 10.1. The molecule has 1 amide bonds. The zero-order valence-electron chi connectivity index (χ0n) is 29.2. The van der Waals surface area contributed by atoms with Crippen LogP contribution >= 0.6 is 0 Å². The third-order valence-corrected chi connectivity index (χ3v) is 10.1. The van der Waals surface area contributed by atoms with Crippen molar-refractivity contribution in [2.24, 2.45) is 0 Å². The predicted molar refractivity (Wildman–Crippen MR) is 206 cm³/mol. The summed E-state index contributed by atoms with van der Waals surface area (Å²) in [7, 11) is 0. The number of carbonyl (C=O) groups is 4. The molecule has 0 radical (unpaired) electrons. The first-order chi connectivity index (χ1) is 25.1. The van der Waals surface area contributed by atoms with Crippen molar-refractivity contribution in [1.29, 1.82) is 0 Å². The van der Waals surface area contributed by atoms with Gasteiger partial charge in [-0.25, -0.2) is 9.59 Å². The van der Waals surface area contributed by atoms with Crippen LogP contribution in [0.1, 0.15) is 89.4 Å². The zero-order chi connectivity index (χ0) is 36.5.